The summed E-state index contributed by atoms with van der Waals surface area (Å²) in [7, 11) is 1.51. The Hall–Kier alpha value is -2.25. The summed E-state index contributed by atoms with van der Waals surface area (Å²) < 4.78 is 43.2. The van der Waals surface area contributed by atoms with Gasteiger partial charge in [-0.15, -0.1) is 0 Å². The van der Waals surface area contributed by atoms with Crippen LogP contribution in [0.2, 0.25) is 0 Å². The molecule has 112 valence electrons. The fraction of sp³-hybridized carbons (Fsp3) is 0.429. The molecule has 0 spiro atoms. The van der Waals surface area contributed by atoms with Crippen LogP contribution in [0.1, 0.15) is 17.5 Å². The molecule has 0 radical (unpaired) electrons. The maximum atomic E-state index is 12.7. The molecule has 0 aliphatic rings. The second kappa shape index (κ2) is 7.51. The average Bonchev–Trinajstić information content (AvgIpc) is 2.45. The third-order valence-electron chi connectivity index (χ3n) is 2.85. The Kier molecular flexibility index (Phi) is 6.01. The summed E-state index contributed by atoms with van der Waals surface area (Å²) in [5.41, 5.74) is -0.924. The van der Waals surface area contributed by atoms with E-state index in [2.05, 4.69) is 0 Å². The van der Waals surface area contributed by atoms with Crippen LogP contribution in [0.3, 0.4) is 0 Å². The number of nitrogens with zero attached hydrogens (tertiary/aromatic N) is 3. The van der Waals surface area contributed by atoms with Crippen LogP contribution in [0.4, 0.5) is 18.9 Å². The Morgan fingerprint density at radius 1 is 1.24 bits per heavy atom. The van der Waals surface area contributed by atoms with Gasteiger partial charge in [0.15, 0.2) is 0 Å². The normalized spacial score (nSPS) is 10.8. The van der Waals surface area contributed by atoms with E-state index in [1.807, 2.05) is 6.07 Å². The van der Waals surface area contributed by atoms with Crippen LogP contribution in [0, 0.1) is 22.7 Å². The highest BCUT2D eigenvalue weighted by molar-refractivity contribution is 5.55. The molecule has 0 amide bonds. The monoisotopic (exact) mass is 297 g/mol. The van der Waals surface area contributed by atoms with Gasteiger partial charge < -0.3 is 9.64 Å². The van der Waals surface area contributed by atoms with Crippen molar-refractivity contribution in [3.05, 3.63) is 29.3 Å². The number of hydrogen-bond donors (Lipinski definition) is 0. The highest BCUT2D eigenvalue weighted by Crippen LogP contribution is 2.33. The van der Waals surface area contributed by atoms with Crippen LogP contribution in [0.5, 0.6) is 0 Å². The first-order valence-electron chi connectivity index (χ1n) is 6.16. The van der Waals surface area contributed by atoms with Gasteiger partial charge in [-0.1, -0.05) is 0 Å². The zero-order valence-electron chi connectivity index (χ0n) is 11.4. The minimum absolute atomic E-state index is 0.229. The number of nitriles is 2. The molecule has 0 bridgehead atoms. The van der Waals surface area contributed by atoms with Gasteiger partial charge in [-0.2, -0.15) is 23.7 Å². The summed E-state index contributed by atoms with van der Waals surface area (Å²) in [4.78, 5) is 1.72. The Morgan fingerprint density at radius 3 is 2.48 bits per heavy atom. The molecular weight excluding hydrogens is 283 g/mol. The maximum absolute atomic E-state index is 12.7. The zero-order valence-corrected chi connectivity index (χ0v) is 11.4. The second-order valence-corrected chi connectivity index (χ2v) is 4.23. The van der Waals surface area contributed by atoms with Crippen LogP contribution in [-0.4, -0.2) is 26.8 Å². The number of alkyl halides is 3. The van der Waals surface area contributed by atoms with Crippen molar-refractivity contribution < 1.29 is 17.9 Å². The van der Waals surface area contributed by atoms with Gasteiger partial charge in [0.1, 0.15) is 0 Å². The van der Waals surface area contributed by atoms with Gasteiger partial charge in [0, 0.05) is 25.9 Å². The molecule has 0 aliphatic carbocycles. The van der Waals surface area contributed by atoms with Crippen LogP contribution in [-0.2, 0) is 10.9 Å². The lowest BCUT2D eigenvalue weighted by atomic mass is 10.1. The summed E-state index contributed by atoms with van der Waals surface area (Å²) in [5, 5.41) is 17.5. The fourth-order valence-corrected chi connectivity index (χ4v) is 1.83. The largest absolute Gasteiger partial charge is 0.417 e. The highest BCUT2D eigenvalue weighted by Gasteiger charge is 2.33. The predicted molar refractivity (Wildman–Crippen MR) is 70.5 cm³/mol. The quantitative estimate of drug-likeness (QED) is 0.810. The molecule has 1 rings (SSSR count). The molecule has 1 aromatic rings. The Bertz CT molecular complexity index is 558. The topological polar surface area (TPSA) is 60.0 Å². The van der Waals surface area contributed by atoms with Crippen LogP contribution in [0.15, 0.2) is 18.2 Å². The van der Waals surface area contributed by atoms with Crippen molar-refractivity contribution in [2.24, 2.45) is 0 Å². The van der Waals surface area contributed by atoms with E-state index in [0.29, 0.717) is 25.4 Å². The lowest BCUT2D eigenvalue weighted by molar-refractivity contribution is -0.137. The van der Waals surface area contributed by atoms with Crippen LogP contribution < -0.4 is 4.90 Å². The number of anilines is 1. The van der Waals surface area contributed by atoms with Crippen LogP contribution in [0.25, 0.3) is 0 Å². The first-order valence-corrected chi connectivity index (χ1v) is 6.16. The van der Waals surface area contributed by atoms with Crippen molar-refractivity contribution in [3.63, 3.8) is 0 Å². The number of ether oxygens (including phenoxy) is 1. The molecule has 21 heavy (non-hydrogen) atoms. The Morgan fingerprint density at radius 2 is 1.95 bits per heavy atom. The summed E-state index contributed by atoms with van der Waals surface area (Å²) in [5.74, 6) is 0. The van der Waals surface area contributed by atoms with Gasteiger partial charge in [-0.3, -0.25) is 0 Å². The average molecular weight is 297 g/mol. The third-order valence-corrected chi connectivity index (χ3v) is 2.85. The number of hydrogen-bond acceptors (Lipinski definition) is 4. The van der Waals surface area contributed by atoms with Gasteiger partial charge in [0.25, 0.3) is 0 Å². The zero-order chi connectivity index (χ0) is 15.9. The van der Waals surface area contributed by atoms with E-state index in [1.165, 1.54) is 19.2 Å². The number of rotatable bonds is 6. The number of halogens is 3. The summed E-state index contributed by atoms with van der Waals surface area (Å²) in [6.45, 7) is 1.15. The molecule has 1 aromatic carbocycles. The van der Waals surface area contributed by atoms with E-state index < -0.39 is 17.3 Å². The smallest absolute Gasteiger partial charge is 0.383 e. The van der Waals surface area contributed by atoms with Crippen molar-refractivity contribution in [3.8, 4) is 12.1 Å². The Balaban J connectivity index is 3.10. The molecule has 0 fully saturated rings. The van der Waals surface area contributed by atoms with Crippen LogP contribution >= 0.6 is 0 Å². The molecular formula is C14H14F3N3O. The molecule has 0 saturated heterocycles. The number of methoxy groups -OCH3 is 1. The minimum Gasteiger partial charge on any atom is -0.383 e. The first kappa shape index (κ1) is 16.8. The van der Waals surface area contributed by atoms with Crippen molar-refractivity contribution in [2.75, 3.05) is 31.7 Å². The van der Waals surface area contributed by atoms with E-state index in [1.54, 1.807) is 11.0 Å². The summed E-state index contributed by atoms with van der Waals surface area (Å²) in [6, 6.07) is 6.93. The third kappa shape index (κ3) is 4.66. The molecule has 0 aliphatic heterocycles. The lowest BCUT2D eigenvalue weighted by Crippen LogP contribution is -2.28. The van der Waals surface area contributed by atoms with Gasteiger partial charge in [0.2, 0.25) is 0 Å². The van der Waals surface area contributed by atoms with Gasteiger partial charge in [0.05, 0.1) is 36.3 Å². The van der Waals surface area contributed by atoms with Gasteiger partial charge >= 0.3 is 6.18 Å². The van der Waals surface area contributed by atoms with Crippen molar-refractivity contribution >= 4 is 5.69 Å². The molecule has 0 heterocycles. The standard InChI is InChI=1S/C14H14F3N3O/c1-21-8-7-20(6-2-5-18)12-3-4-13(14(15,16)17)11(9-12)10-19/h3-4,9H,2,6-8H2,1H3. The van der Waals surface area contributed by atoms with Gasteiger partial charge in [-0.05, 0) is 18.2 Å². The Labute approximate surface area is 121 Å². The van der Waals surface area contributed by atoms with E-state index in [0.717, 1.165) is 6.07 Å². The highest BCUT2D eigenvalue weighted by atomic mass is 19.4. The van der Waals surface area contributed by atoms with E-state index >= 15 is 0 Å². The van der Waals surface area contributed by atoms with Crippen molar-refractivity contribution in [2.45, 2.75) is 12.6 Å². The SMILES string of the molecule is COCCN(CCC#N)c1ccc(C(F)(F)F)c(C#N)c1. The van der Waals surface area contributed by atoms with E-state index in [4.69, 9.17) is 15.3 Å². The molecule has 0 aromatic heterocycles. The van der Waals surface area contributed by atoms with E-state index in [-0.39, 0.29) is 6.42 Å². The maximum Gasteiger partial charge on any atom is 0.417 e. The number of benzene rings is 1. The van der Waals surface area contributed by atoms with Crippen molar-refractivity contribution in [1.29, 1.82) is 10.5 Å². The second-order valence-electron chi connectivity index (χ2n) is 4.23. The van der Waals surface area contributed by atoms with Crippen molar-refractivity contribution in [1.82, 2.24) is 0 Å². The lowest BCUT2D eigenvalue weighted by Gasteiger charge is -2.24. The van der Waals surface area contributed by atoms with Gasteiger partial charge in [-0.25, -0.2) is 0 Å². The molecule has 7 heteroatoms. The minimum atomic E-state index is -4.56. The predicted octanol–water partition coefficient (Wildman–Crippen LogP) is 2.94. The molecule has 0 atom stereocenters. The molecule has 0 saturated carbocycles. The summed E-state index contributed by atoms with van der Waals surface area (Å²) in [6.07, 6.45) is -4.33. The first-order chi connectivity index (χ1) is 9.93. The molecule has 0 N–H and O–H groups in total. The fourth-order valence-electron chi connectivity index (χ4n) is 1.83. The summed E-state index contributed by atoms with van der Waals surface area (Å²) >= 11 is 0. The molecule has 4 nitrogen and oxygen atoms in total. The van der Waals surface area contributed by atoms with E-state index in [9.17, 15) is 13.2 Å². The molecule has 0 unspecified atom stereocenters.